The average Bonchev–Trinajstić information content (AvgIpc) is 2.71. The molecule has 0 atom stereocenters. The lowest BCUT2D eigenvalue weighted by atomic mass is 9.66. The Labute approximate surface area is 125 Å². The van der Waals surface area contributed by atoms with Gasteiger partial charge in [-0.05, 0) is 26.0 Å². The van der Waals surface area contributed by atoms with Crippen LogP contribution in [0.4, 0.5) is 10.2 Å². The molecule has 3 rings (SSSR count). The van der Waals surface area contributed by atoms with E-state index >= 15 is 0 Å². The summed E-state index contributed by atoms with van der Waals surface area (Å²) in [5, 5.41) is 14.0. The molecule has 0 unspecified atom stereocenters. The zero-order chi connectivity index (χ0) is 16.1. The average molecular weight is 308 g/mol. The van der Waals surface area contributed by atoms with Crippen molar-refractivity contribution in [2.45, 2.75) is 44.4 Å². The molecule has 1 aliphatic rings. The van der Waals surface area contributed by atoms with Gasteiger partial charge < -0.3 is 15.6 Å². The maximum atomic E-state index is 13.5. The van der Waals surface area contributed by atoms with Gasteiger partial charge in [-0.2, -0.15) is 4.98 Å². The van der Waals surface area contributed by atoms with Crippen LogP contribution >= 0.6 is 0 Å². The fourth-order valence-electron chi connectivity index (χ4n) is 2.75. The van der Waals surface area contributed by atoms with Crippen LogP contribution in [0.15, 0.2) is 12.1 Å². The molecule has 1 fully saturated rings. The second-order valence-electron chi connectivity index (χ2n) is 5.86. The van der Waals surface area contributed by atoms with E-state index in [1.54, 1.807) is 19.9 Å². The summed E-state index contributed by atoms with van der Waals surface area (Å²) in [6.45, 7) is 3.43. The third-order valence-electron chi connectivity index (χ3n) is 3.80. The van der Waals surface area contributed by atoms with Gasteiger partial charge in [-0.15, -0.1) is 5.10 Å². The Balaban J connectivity index is 2.14. The van der Waals surface area contributed by atoms with Crippen LogP contribution in [0.5, 0.6) is 5.88 Å². The number of halogens is 1. The zero-order valence-corrected chi connectivity index (χ0v) is 12.3. The van der Waals surface area contributed by atoms with Crippen LogP contribution in [-0.2, 0) is 14.9 Å². The number of carbonyl (C=O) groups is 1. The molecule has 0 radical (unpaired) electrons. The number of nitrogens with two attached hydrogens (primary N) is 1. The lowest BCUT2D eigenvalue weighted by Crippen LogP contribution is -2.51. The summed E-state index contributed by atoms with van der Waals surface area (Å²) in [5.41, 5.74) is 4.72. The number of hydrogen-bond donors (Lipinski definition) is 2. The number of rotatable bonds is 3. The van der Waals surface area contributed by atoms with Crippen LogP contribution in [0.3, 0.4) is 0 Å². The molecule has 2 aromatic heterocycles. The first-order chi connectivity index (χ1) is 10.3. The van der Waals surface area contributed by atoms with Crippen molar-refractivity contribution in [2.24, 2.45) is 0 Å². The molecule has 1 aliphatic carbocycles. The molecule has 0 spiro atoms. The van der Waals surface area contributed by atoms with Gasteiger partial charge in [-0.25, -0.2) is 8.91 Å². The van der Waals surface area contributed by atoms with Gasteiger partial charge in [-0.1, -0.05) is 0 Å². The highest BCUT2D eigenvalue weighted by Crippen LogP contribution is 2.47. The molecule has 22 heavy (non-hydrogen) atoms. The number of aromatic hydroxyl groups is 1. The van der Waals surface area contributed by atoms with E-state index < -0.39 is 17.6 Å². The monoisotopic (exact) mass is 308 g/mol. The van der Waals surface area contributed by atoms with E-state index in [1.807, 2.05) is 0 Å². The number of esters is 1. The summed E-state index contributed by atoms with van der Waals surface area (Å²) in [5.74, 6) is -0.476. The number of alkyl halides is 1. The molecule has 0 bridgehead atoms. The van der Waals surface area contributed by atoms with Crippen molar-refractivity contribution in [3.8, 4) is 5.88 Å². The lowest BCUT2D eigenvalue weighted by molar-refractivity contribution is -0.162. The van der Waals surface area contributed by atoms with Crippen LogP contribution in [-0.4, -0.2) is 37.9 Å². The van der Waals surface area contributed by atoms with Crippen LogP contribution in [0.1, 0.15) is 32.5 Å². The van der Waals surface area contributed by atoms with E-state index in [0.29, 0.717) is 5.52 Å². The highest BCUT2D eigenvalue weighted by atomic mass is 19.1. The number of nitrogen functional groups attached to an aromatic ring is 1. The molecule has 2 aromatic rings. The van der Waals surface area contributed by atoms with Crippen molar-refractivity contribution in [3.05, 3.63) is 18.0 Å². The van der Waals surface area contributed by atoms with Crippen molar-refractivity contribution in [3.63, 3.8) is 0 Å². The van der Waals surface area contributed by atoms with Crippen molar-refractivity contribution in [1.82, 2.24) is 14.6 Å². The summed E-state index contributed by atoms with van der Waals surface area (Å²) in [4.78, 5) is 16.5. The second-order valence-corrected chi connectivity index (χ2v) is 5.86. The van der Waals surface area contributed by atoms with Crippen molar-refractivity contribution >= 4 is 17.3 Å². The van der Waals surface area contributed by atoms with Gasteiger partial charge in [0.15, 0.2) is 5.82 Å². The van der Waals surface area contributed by atoms with Crippen LogP contribution in [0.2, 0.25) is 0 Å². The molecule has 0 saturated heterocycles. The molecular weight excluding hydrogens is 291 g/mol. The summed E-state index contributed by atoms with van der Waals surface area (Å²) >= 11 is 0. The minimum absolute atomic E-state index is 0.0480. The second kappa shape index (κ2) is 4.82. The first kappa shape index (κ1) is 14.6. The molecule has 118 valence electrons. The number of imidazole rings is 1. The normalized spacial score (nSPS) is 24.5. The summed E-state index contributed by atoms with van der Waals surface area (Å²) < 4.78 is 20.1. The molecule has 0 aromatic carbocycles. The maximum Gasteiger partial charge on any atom is 0.320 e. The first-order valence-electron chi connectivity index (χ1n) is 7.03. The number of nitrogens with zero attached hydrogens (tertiary/aromatic N) is 3. The third-order valence-corrected chi connectivity index (χ3v) is 3.80. The molecular formula is C14H17FN4O3. The minimum Gasteiger partial charge on any atom is -0.492 e. The van der Waals surface area contributed by atoms with Crippen molar-refractivity contribution in [2.75, 3.05) is 5.73 Å². The molecule has 1 saturated carbocycles. The number of anilines is 1. The highest BCUT2D eigenvalue weighted by molar-refractivity contribution is 5.84. The smallest absolute Gasteiger partial charge is 0.320 e. The summed E-state index contributed by atoms with van der Waals surface area (Å²) in [7, 11) is 0. The zero-order valence-electron chi connectivity index (χ0n) is 12.3. The molecule has 3 N–H and O–H groups in total. The third kappa shape index (κ3) is 2.06. The van der Waals surface area contributed by atoms with E-state index in [9.17, 15) is 14.3 Å². The Morgan fingerprint density at radius 3 is 2.82 bits per heavy atom. The predicted octanol–water partition coefficient (Wildman–Crippen LogP) is 1.34. The molecule has 0 amide bonds. The van der Waals surface area contributed by atoms with Gasteiger partial charge in [0.2, 0.25) is 5.88 Å². The van der Waals surface area contributed by atoms with Gasteiger partial charge in [0, 0.05) is 12.8 Å². The van der Waals surface area contributed by atoms with Gasteiger partial charge in [0.05, 0.1) is 6.10 Å². The van der Waals surface area contributed by atoms with Gasteiger partial charge in [0.25, 0.3) is 0 Å². The highest BCUT2D eigenvalue weighted by Gasteiger charge is 2.57. The van der Waals surface area contributed by atoms with E-state index in [1.165, 1.54) is 10.6 Å². The number of carbonyl (C=O) groups excluding carboxylic acids is 1. The minimum atomic E-state index is -1.24. The Bertz CT molecular complexity index is 737. The lowest BCUT2D eigenvalue weighted by Gasteiger charge is -2.40. The van der Waals surface area contributed by atoms with E-state index in [2.05, 4.69) is 10.1 Å². The summed E-state index contributed by atoms with van der Waals surface area (Å²) in [6, 6.07) is 3.06. The van der Waals surface area contributed by atoms with E-state index in [4.69, 9.17) is 10.5 Å². The van der Waals surface area contributed by atoms with Crippen molar-refractivity contribution in [1.29, 1.82) is 0 Å². The summed E-state index contributed by atoms with van der Waals surface area (Å²) in [6.07, 6.45) is -1.54. The standard InChI is InChI=1S/C14H17FN4O3/c1-7(2)22-13(21)14(5-8(15)6-14)12-17-11(20)9-3-4-10(16)18-19(9)12/h3-4,7-8,20H,5-6H2,1-2H3,(H2,16,18). The molecule has 0 aliphatic heterocycles. The van der Waals surface area contributed by atoms with Gasteiger partial charge >= 0.3 is 5.97 Å². The first-order valence-corrected chi connectivity index (χ1v) is 7.03. The molecule has 7 nitrogen and oxygen atoms in total. The molecule has 2 heterocycles. The molecule has 8 heteroatoms. The van der Waals surface area contributed by atoms with E-state index in [0.717, 1.165) is 0 Å². The topological polar surface area (TPSA) is 103 Å². The fourth-order valence-corrected chi connectivity index (χ4v) is 2.75. The maximum absolute atomic E-state index is 13.5. The van der Waals surface area contributed by atoms with Crippen molar-refractivity contribution < 1.29 is 19.0 Å². The van der Waals surface area contributed by atoms with Gasteiger partial charge in [-0.3, -0.25) is 4.79 Å². The predicted molar refractivity (Wildman–Crippen MR) is 76.1 cm³/mol. The number of hydrogen-bond acceptors (Lipinski definition) is 6. The number of ether oxygens (including phenoxy) is 1. The van der Waals surface area contributed by atoms with Crippen LogP contribution < -0.4 is 5.73 Å². The Morgan fingerprint density at radius 2 is 2.23 bits per heavy atom. The van der Waals surface area contributed by atoms with Gasteiger partial charge in [0.1, 0.15) is 22.9 Å². The largest absolute Gasteiger partial charge is 0.492 e. The number of aromatic nitrogens is 3. The fraction of sp³-hybridized carbons (Fsp3) is 0.500. The Hall–Kier alpha value is -2.38. The van der Waals surface area contributed by atoms with E-state index in [-0.39, 0.29) is 36.5 Å². The van der Waals surface area contributed by atoms with Crippen LogP contribution in [0.25, 0.3) is 5.52 Å². The SMILES string of the molecule is CC(C)OC(=O)C1(c2nc(O)c3ccc(N)nn23)CC(F)C1. The number of fused-ring (bicyclic) bond motifs is 1. The Kier molecular flexibility index (Phi) is 3.19. The quantitative estimate of drug-likeness (QED) is 0.829. The Morgan fingerprint density at radius 1 is 1.55 bits per heavy atom. The van der Waals surface area contributed by atoms with Crippen LogP contribution in [0, 0.1) is 0 Å².